The fraction of sp³-hybridized carbons (Fsp3) is 0.240. The third-order valence-corrected chi connectivity index (χ3v) is 5.71. The van der Waals surface area contributed by atoms with Crippen molar-refractivity contribution in [1.82, 2.24) is 20.2 Å². The van der Waals surface area contributed by atoms with Crippen molar-refractivity contribution >= 4 is 23.5 Å². The number of carbonyl (C=O) groups is 3. The van der Waals surface area contributed by atoms with Crippen LogP contribution in [0, 0.1) is 18.6 Å². The molecule has 3 aromatic rings. The lowest BCUT2D eigenvalue weighted by atomic mass is 10.0. The number of anilines is 1. The molecule has 0 saturated carbocycles. The maximum absolute atomic E-state index is 13.5. The molecule has 0 unspecified atom stereocenters. The fourth-order valence-electron chi connectivity index (χ4n) is 3.85. The number of hydrogen-bond donors (Lipinski definition) is 2. The van der Waals surface area contributed by atoms with Crippen LogP contribution in [0.15, 0.2) is 54.9 Å². The van der Waals surface area contributed by atoms with Crippen molar-refractivity contribution in [3.63, 3.8) is 0 Å². The Hall–Kier alpha value is -4.21. The zero-order chi connectivity index (χ0) is 24.9. The Balaban J connectivity index is 1.37. The standard InChI is InChI=1S/C25H23F2N5O3/c1-15-3-2-4-17(13-15)25(35)32-11-7-18(8-12-32)30-24(34)21-22(29-10-9-28-21)31-23(33)16-5-6-19(26)20(27)14-16/h2-6,9-10,13-14,18H,7-8,11-12H2,1H3,(H,30,34)(H,29,31,33). The van der Waals surface area contributed by atoms with E-state index in [1.54, 1.807) is 11.0 Å². The van der Waals surface area contributed by atoms with Crippen molar-refractivity contribution in [3.05, 3.63) is 88.9 Å². The Morgan fingerprint density at radius 2 is 1.66 bits per heavy atom. The first-order chi connectivity index (χ1) is 16.8. The molecule has 8 nitrogen and oxygen atoms in total. The van der Waals surface area contributed by atoms with Gasteiger partial charge >= 0.3 is 0 Å². The number of carbonyl (C=O) groups excluding carboxylic acids is 3. The number of likely N-dealkylation sites (tertiary alicyclic amines) is 1. The summed E-state index contributed by atoms with van der Waals surface area (Å²) in [4.78, 5) is 47.8. The number of benzene rings is 2. The molecule has 1 fully saturated rings. The van der Waals surface area contributed by atoms with Gasteiger partial charge in [0.25, 0.3) is 17.7 Å². The Labute approximate surface area is 200 Å². The topological polar surface area (TPSA) is 104 Å². The minimum atomic E-state index is -1.16. The summed E-state index contributed by atoms with van der Waals surface area (Å²) in [6, 6.07) is 9.93. The first-order valence-electron chi connectivity index (χ1n) is 11.1. The van der Waals surface area contributed by atoms with Gasteiger partial charge in [-0.2, -0.15) is 0 Å². The summed E-state index contributed by atoms with van der Waals surface area (Å²) in [7, 11) is 0. The van der Waals surface area contributed by atoms with Gasteiger partial charge in [-0.25, -0.2) is 18.7 Å². The smallest absolute Gasteiger partial charge is 0.273 e. The van der Waals surface area contributed by atoms with E-state index in [0.29, 0.717) is 31.5 Å². The molecule has 2 N–H and O–H groups in total. The highest BCUT2D eigenvalue weighted by Gasteiger charge is 2.26. The quantitative estimate of drug-likeness (QED) is 0.584. The SMILES string of the molecule is Cc1cccc(C(=O)N2CCC(NC(=O)c3nccnc3NC(=O)c3ccc(F)c(F)c3)CC2)c1. The molecule has 1 aliphatic rings. The summed E-state index contributed by atoms with van der Waals surface area (Å²) in [6.45, 7) is 2.90. The van der Waals surface area contributed by atoms with Crippen LogP contribution in [0.2, 0.25) is 0 Å². The molecule has 1 saturated heterocycles. The number of rotatable bonds is 5. The second-order valence-corrected chi connectivity index (χ2v) is 8.25. The minimum absolute atomic E-state index is 0.0466. The van der Waals surface area contributed by atoms with Crippen LogP contribution in [0.4, 0.5) is 14.6 Å². The molecule has 3 amide bonds. The number of nitrogens with one attached hydrogen (secondary N) is 2. The molecule has 4 rings (SSSR count). The van der Waals surface area contributed by atoms with Crippen LogP contribution in [0.5, 0.6) is 0 Å². The highest BCUT2D eigenvalue weighted by atomic mass is 19.2. The van der Waals surface area contributed by atoms with E-state index in [1.807, 2.05) is 25.1 Å². The molecule has 0 aliphatic carbocycles. The summed E-state index contributed by atoms with van der Waals surface area (Å²) in [6.07, 6.45) is 3.72. The van der Waals surface area contributed by atoms with Gasteiger partial charge in [0.2, 0.25) is 0 Å². The Kier molecular flexibility index (Phi) is 7.09. The van der Waals surface area contributed by atoms with E-state index in [0.717, 1.165) is 23.8 Å². The predicted octanol–water partition coefficient (Wildman–Crippen LogP) is 3.35. The average molecular weight is 479 g/mol. The summed E-state index contributed by atoms with van der Waals surface area (Å²) < 4.78 is 26.6. The number of aromatic nitrogens is 2. The van der Waals surface area contributed by atoms with Gasteiger partial charge in [-0.3, -0.25) is 14.4 Å². The van der Waals surface area contributed by atoms with E-state index in [4.69, 9.17) is 0 Å². The molecule has 10 heteroatoms. The van der Waals surface area contributed by atoms with Gasteiger partial charge in [0.05, 0.1) is 0 Å². The second kappa shape index (κ2) is 10.4. The Morgan fingerprint density at radius 1 is 0.914 bits per heavy atom. The van der Waals surface area contributed by atoms with Gasteiger partial charge in [0, 0.05) is 42.7 Å². The van der Waals surface area contributed by atoms with Crippen molar-refractivity contribution in [3.8, 4) is 0 Å². The van der Waals surface area contributed by atoms with Gasteiger partial charge in [-0.05, 0) is 50.1 Å². The molecule has 180 valence electrons. The number of aryl methyl sites for hydroxylation is 1. The molecule has 0 spiro atoms. The third-order valence-electron chi connectivity index (χ3n) is 5.71. The van der Waals surface area contributed by atoms with Gasteiger partial charge in [-0.15, -0.1) is 0 Å². The Bertz CT molecular complexity index is 1280. The number of nitrogens with zero attached hydrogens (tertiary/aromatic N) is 3. The number of amides is 3. The van der Waals surface area contributed by atoms with Crippen LogP contribution in [-0.2, 0) is 0 Å². The summed E-state index contributed by atoms with van der Waals surface area (Å²) in [5.41, 5.74) is 1.40. The Morgan fingerprint density at radius 3 is 2.37 bits per heavy atom. The first kappa shape index (κ1) is 23.9. The minimum Gasteiger partial charge on any atom is -0.348 e. The number of hydrogen-bond acceptors (Lipinski definition) is 5. The van der Waals surface area contributed by atoms with Gasteiger partial charge in [0.15, 0.2) is 23.1 Å². The van der Waals surface area contributed by atoms with Gasteiger partial charge in [0.1, 0.15) is 0 Å². The molecule has 35 heavy (non-hydrogen) atoms. The normalized spacial score (nSPS) is 13.9. The highest BCUT2D eigenvalue weighted by Crippen LogP contribution is 2.17. The van der Waals surface area contributed by atoms with Gasteiger partial charge < -0.3 is 15.5 Å². The molecule has 2 heterocycles. The first-order valence-corrected chi connectivity index (χ1v) is 11.1. The van der Waals surface area contributed by atoms with E-state index in [9.17, 15) is 23.2 Å². The lowest BCUT2D eigenvalue weighted by Crippen LogP contribution is -2.46. The van der Waals surface area contributed by atoms with Crippen molar-refractivity contribution < 1.29 is 23.2 Å². The molecule has 2 aromatic carbocycles. The molecule has 0 atom stereocenters. The van der Waals surface area contributed by atoms with Gasteiger partial charge in [-0.1, -0.05) is 17.7 Å². The van der Waals surface area contributed by atoms with E-state index >= 15 is 0 Å². The fourth-order valence-corrected chi connectivity index (χ4v) is 3.85. The molecule has 0 radical (unpaired) electrons. The number of piperidine rings is 1. The lowest BCUT2D eigenvalue weighted by molar-refractivity contribution is 0.0697. The van der Waals surface area contributed by atoms with Crippen molar-refractivity contribution in [1.29, 1.82) is 0 Å². The number of halogens is 2. The molecule has 0 bridgehead atoms. The van der Waals surface area contributed by atoms with E-state index in [-0.39, 0.29) is 29.0 Å². The van der Waals surface area contributed by atoms with E-state index in [1.165, 1.54) is 12.4 Å². The third kappa shape index (κ3) is 5.65. The lowest BCUT2D eigenvalue weighted by Gasteiger charge is -2.32. The highest BCUT2D eigenvalue weighted by molar-refractivity contribution is 6.07. The maximum Gasteiger partial charge on any atom is 0.273 e. The van der Waals surface area contributed by atoms with Crippen LogP contribution in [0.3, 0.4) is 0 Å². The van der Waals surface area contributed by atoms with E-state index < -0.39 is 23.4 Å². The molecular weight excluding hydrogens is 456 g/mol. The largest absolute Gasteiger partial charge is 0.348 e. The van der Waals surface area contributed by atoms with Crippen LogP contribution < -0.4 is 10.6 Å². The van der Waals surface area contributed by atoms with E-state index in [2.05, 4.69) is 20.6 Å². The summed E-state index contributed by atoms with van der Waals surface area (Å²) in [5, 5.41) is 5.29. The van der Waals surface area contributed by atoms with Crippen molar-refractivity contribution in [2.24, 2.45) is 0 Å². The van der Waals surface area contributed by atoms with Crippen molar-refractivity contribution in [2.75, 3.05) is 18.4 Å². The second-order valence-electron chi connectivity index (χ2n) is 8.25. The maximum atomic E-state index is 13.5. The molecule has 1 aliphatic heterocycles. The summed E-state index contributed by atoms with van der Waals surface area (Å²) >= 11 is 0. The monoisotopic (exact) mass is 479 g/mol. The summed E-state index contributed by atoms with van der Waals surface area (Å²) in [5.74, 6) is -3.69. The zero-order valence-electron chi connectivity index (χ0n) is 18.9. The van der Waals surface area contributed by atoms with Crippen LogP contribution in [-0.4, -0.2) is 51.7 Å². The zero-order valence-corrected chi connectivity index (χ0v) is 18.9. The molecular formula is C25H23F2N5O3. The molecule has 1 aromatic heterocycles. The average Bonchev–Trinajstić information content (AvgIpc) is 2.86. The van der Waals surface area contributed by atoms with Crippen LogP contribution in [0.25, 0.3) is 0 Å². The van der Waals surface area contributed by atoms with Crippen LogP contribution in [0.1, 0.15) is 49.6 Å². The van der Waals surface area contributed by atoms with Crippen LogP contribution >= 0.6 is 0 Å². The predicted molar refractivity (Wildman–Crippen MR) is 124 cm³/mol. The van der Waals surface area contributed by atoms with Crippen molar-refractivity contribution in [2.45, 2.75) is 25.8 Å².